The fraction of sp³-hybridized carbons (Fsp3) is 0.900. The quantitative estimate of drug-likeness (QED) is 0.311. The monoisotopic (exact) mass is 220 g/mol. The Kier molecular flexibility index (Phi) is 11.1. The molecule has 5 nitrogen and oxygen atoms in total. The van der Waals surface area contributed by atoms with Gasteiger partial charge in [0.05, 0.1) is 12.7 Å². The number of hydrogen-bond donors (Lipinski definition) is 2. The molecular weight excluding hydrogens is 196 g/mol. The van der Waals surface area contributed by atoms with Crippen molar-refractivity contribution >= 4 is 6.47 Å². The molecule has 0 aromatic rings. The largest absolute Gasteiger partial charge is 0.462 e. The molecule has 0 saturated carbocycles. The minimum absolute atomic E-state index is 0.309. The second kappa shape index (κ2) is 9.89. The van der Waals surface area contributed by atoms with E-state index in [0.717, 1.165) is 6.54 Å². The number of nitrogens with one attached hydrogen (secondary N) is 1. The SMILES string of the molecule is CC(C)(C)OC=O.CC(C)OCCNN. The second-order valence-corrected chi connectivity index (χ2v) is 4.20. The highest BCUT2D eigenvalue weighted by atomic mass is 16.5. The third-order valence-electron chi connectivity index (χ3n) is 1.10. The molecule has 0 atom stereocenters. The average Bonchev–Trinajstić information content (AvgIpc) is 2.02. The van der Waals surface area contributed by atoms with Gasteiger partial charge in [0, 0.05) is 6.54 Å². The zero-order valence-electron chi connectivity index (χ0n) is 10.4. The molecule has 0 rings (SSSR count). The lowest BCUT2D eigenvalue weighted by Crippen LogP contribution is -2.27. The van der Waals surface area contributed by atoms with Crippen molar-refractivity contribution < 1.29 is 14.3 Å². The first kappa shape index (κ1) is 16.8. The standard InChI is InChI=1S/C5H14N2O.C5H10O2/c1-5(2)8-4-3-7-6;1-5(2,3)7-4-6/h5,7H,3-4,6H2,1-2H3;4H,1-3H3. The van der Waals surface area contributed by atoms with Crippen molar-refractivity contribution in [3.05, 3.63) is 0 Å². The number of rotatable bonds is 5. The molecule has 0 radical (unpaired) electrons. The fourth-order valence-corrected chi connectivity index (χ4v) is 0.498. The molecule has 0 spiro atoms. The Morgan fingerprint density at radius 2 is 1.93 bits per heavy atom. The van der Waals surface area contributed by atoms with Crippen LogP contribution in [0.3, 0.4) is 0 Å². The molecule has 15 heavy (non-hydrogen) atoms. The van der Waals surface area contributed by atoms with E-state index in [1.54, 1.807) is 0 Å². The van der Waals surface area contributed by atoms with Gasteiger partial charge < -0.3 is 9.47 Å². The van der Waals surface area contributed by atoms with E-state index in [-0.39, 0.29) is 5.60 Å². The highest BCUT2D eigenvalue weighted by molar-refractivity contribution is 5.37. The molecule has 0 amide bonds. The Morgan fingerprint density at radius 1 is 1.40 bits per heavy atom. The molecule has 0 aliphatic heterocycles. The van der Waals surface area contributed by atoms with E-state index in [4.69, 9.17) is 10.6 Å². The van der Waals surface area contributed by atoms with Crippen LogP contribution >= 0.6 is 0 Å². The second-order valence-electron chi connectivity index (χ2n) is 4.20. The van der Waals surface area contributed by atoms with Gasteiger partial charge in [0.1, 0.15) is 5.60 Å². The van der Waals surface area contributed by atoms with Crippen molar-refractivity contribution in [3.8, 4) is 0 Å². The van der Waals surface area contributed by atoms with E-state index < -0.39 is 0 Å². The summed E-state index contributed by atoms with van der Waals surface area (Å²) in [6.45, 7) is 11.3. The summed E-state index contributed by atoms with van der Waals surface area (Å²) in [4.78, 5) is 9.60. The van der Waals surface area contributed by atoms with Crippen molar-refractivity contribution in [1.29, 1.82) is 0 Å². The predicted molar refractivity (Wildman–Crippen MR) is 60.2 cm³/mol. The highest BCUT2D eigenvalue weighted by Gasteiger charge is 2.07. The van der Waals surface area contributed by atoms with Crippen LogP contribution in [-0.2, 0) is 14.3 Å². The number of ether oxygens (including phenoxy) is 2. The zero-order valence-corrected chi connectivity index (χ0v) is 10.4. The van der Waals surface area contributed by atoms with Crippen LogP contribution in [0, 0.1) is 0 Å². The lowest BCUT2D eigenvalue weighted by Gasteiger charge is -2.14. The Bertz CT molecular complexity index is 144. The number of carbonyl (C=O) groups is 1. The predicted octanol–water partition coefficient (Wildman–Crippen LogP) is 0.833. The maximum atomic E-state index is 9.60. The summed E-state index contributed by atoms with van der Waals surface area (Å²) in [6.07, 6.45) is 0.309. The van der Waals surface area contributed by atoms with Gasteiger partial charge in [-0.2, -0.15) is 0 Å². The lowest BCUT2D eigenvalue weighted by atomic mass is 10.2. The molecule has 0 bridgehead atoms. The molecule has 0 unspecified atom stereocenters. The zero-order chi connectivity index (χ0) is 12.3. The Morgan fingerprint density at radius 3 is 2.13 bits per heavy atom. The number of hydrazine groups is 1. The maximum absolute atomic E-state index is 9.60. The Labute approximate surface area is 92.3 Å². The van der Waals surface area contributed by atoms with Gasteiger partial charge in [-0.15, -0.1) is 0 Å². The molecule has 0 aromatic heterocycles. The molecule has 3 N–H and O–H groups in total. The summed E-state index contributed by atoms with van der Waals surface area (Å²) in [7, 11) is 0. The maximum Gasteiger partial charge on any atom is 0.293 e. The average molecular weight is 220 g/mol. The third kappa shape index (κ3) is 24.7. The van der Waals surface area contributed by atoms with Crippen molar-refractivity contribution in [2.75, 3.05) is 13.2 Å². The summed E-state index contributed by atoms with van der Waals surface area (Å²) in [6, 6.07) is 0. The first-order valence-electron chi connectivity index (χ1n) is 5.00. The first-order chi connectivity index (χ1) is 6.83. The smallest absolute Gasteiger partial charge is 0.293 e. The van der Waals surface area contributed by atoms with Crippen LogP contribution < -0.4 is 11.3 Å². The van der Waals surface area contributed by atoms with Crippen LogP contribution in [0.25, 0.3) is 0 Å². The van der Waals surface area contributed by atoms with Gasteiger partial charge in [-0.3, -0.25) is 16.1 Å². The number of nitrogens with two attached hydrogens (primary N) is 1. The van der Waals surface area contributed by atoms with Gasteiger partial charge >= 0.3 is 0 Å². The van der Waals surface area contributed by atoms with Crippen LogP contribution in [0.15, 0.2) is 0 Å². The summed E-state index contributed by atoms with van der Waals surface area (Å²) in [5.74, 6) is 4.98. The Hall–Kier alpha value is -0.650. The van der Waals surface area contributed by atoms with E-state index in [9.17, 15) is 4.79 Å². The van der Waals surface area contributed by atoms with Gasteiger partial charge in [-0.1, -0.05) is 0 Å². The van der Waals surface area contributed by atoms with Crippen LogP contribution in [-0.4, -0.2) is 31.3 Å². The molecule has 0 aromatic carbocycles. The molecule has 0 heterocycles. The van der Waals surface area contributed by atoms with Crippen molar-refractivity contribution in [2.45, 2.75) is 46.3 Å². The summed E-state index contributed by atoms with van der Waals surface area (Å²) >= 11 is 0. The van der Waals surface area contributed by atoms with Crippen molar-refractivity contribution in [3.63, 3.8) is 0 Å². The van der Waals surface area contributed by atoms with Crippen molar-refractivity contribution in [2.24, 2.45) is 5.84 Å². The van der Waals surface area contributed by atoms with Gasteiger partial charge in [0.2, 0.25) is 0 Å². The minimum Gasteiger partial charge on any atom is -0.462 e. The normalized spacial score (nSPS) is 10.6. The summed E-state index contributed by atoms with van der Waals surface area (Å²) in [5, 5.41) is 0. The molecule has 5 heteroatoms. The molecule has 0 aliphatic carbocycles. The van der Waals surface area contributed by atoms with E-state index >= 15 is 0 Å². The van der Waals surface area contributed by atoms with Gasteiger partial charge in [-0.05, 0) is 34.6 Å². The van der Waals surface area contributed by atoms with Gasteiger partial charge in [0.15, 0.2) is 0 Å². The van der Waals surface area contributed by atoms with Crippen LogP contribution in [0.4, 0.5) is 0 Å². The van der Waals surface area contributed by atoms with E-state index in [2.05, 4.69) is 10.2 Å². The molecule has 0 saturated heterocycles. The summed E-state index contributed by atoms with van der Waals surface area (Å²) in [5.41, 5.74) is 2.18. The fourth-order valence-electron chi connectivity index (χ4n) is 0.498. The molecule has 92 valence electrons. The van der Waals surface area contributed by atoms with E-state index in [1.807, 2.05) is 34.6 Å². The number of hydrogen-bond acceptors (Lipinski definition) is 5. The van der Waals surface area contributed by atoms with Crippen LogP contribution in [0.5, 0.6) is 0 Å². The first-order valence-corrected chi connectivity index (χ1v) is 5.00. The molecule has 0 fully saturated rings. The highest BCUT2D eigenvalue weighted by Crippen LogP contribution is 2.02. The van der Waals surface area contributed by atoms with Crippen molar-refractivity contribution in [1.82, 2.24) is 5.43 Å². The van der Waals surface area contributed by atoms with Crippen LogP contribution in [0.2, 0.25) is 0 Å². The third-order valence-corrected chi connectivity index (χ3v) is 1.10. The van der Waals surface area contributed by atoms with Crippen LogP contribution in [0.1, 0.15) is 34.6 Å². The van der Waals surface area contributed by atoms with E-state index in [1.165, 1.54) is 0 Å². The molecule has 0 aliphatic rings. The number of carbonyl (C=O) groups excluding carboxylic acids is 1. The minimum atomic E-state index is -0.318. The topological polar surface area (TPSA) is 73.6 Å². The Balaban J connectivity index is 0. The lowest BCUT2D eigenvalue weighted by molar-refractivity contribution is -0.138. The van der Waals surface area contributed by atoms with Gasteiger partial charge in [-0.25, -0.2) is 0 Å². The molecular formula is C10H24N2O3. The van der Waals surface area contributed by atoms with Gasteiger partial charge in [0.25, 0.3) is 6.47 Å². The summed E-state index contributed by atoms with van der Waals surface area (Å²) < 4.78 is 9.69. The van der Waals surface area contributed by atoms with E-state index in [0.29, 0.717) is 19.2 Å².